The number of hydrogen-bond acceptors (Lipinski definition) is 4. The Morgan fingerprint density at radius 2 is 1.33 bits per heavy atom. The molecule has 27 heavy (non-hydrogen) atoms. The maximum Gasteiger partial charge on any atom is 0.339 e. The van der Waals surface area contributed by atoms with E-state index >= 15 is 0 Å². The van der Waals surface area contributed by atoms with Gasteiger partial charge >= 0.3 is 17.9 Å². The van der Waals surface area contributed by atoms with E-state index in [1.54, 1.807) is 0 Å². The predicted octanol–water partition coefficient (Wildman–Crippen LogP) is 5.16. The zero-order valence-electron chi connectivity index (χ0n) is 16.0. The molecule has 0 amide bonds. The van der Waals surface area contributed by atoms with Crippen molar-refractivity contribution in [1.29, 1.82) is 0 Å². The minimum atomic E-state index is -1.29. The van der Waals surface area contributed by atoms with Gasteiger partial charge in [0.05, 0.1) is 23.3 Å². The van der Waals surface area contributed by atoms with Gasteiger partial charge in [-0.1, -0.05) is 64.7 Å². The second-order valence-electron chi connectivity index (χ2n) is 6.69. The summed E-state index contributed by atoms with van der Waals surface area (Å²) in [6, 6.07) is 3.32. The van der Waals surface area contributed by atoms with Gasteiger partial charge in [0, 0.05) is 0 Å². The standard InChI is InChI=1S/C21H30O6/c1-2-3-4-5-6-7-8-9-10-11-14-27-21(26)18-15-16(19(22)23)12-13-17(18)20(24)25/h12-13,15H,2-11,14H2,1H3,(H,22,23)(H,24,25). The average Bonchev–Trinajstić information content (AvgIpc) is 2.65. The Bertz CT molecular complexity index is 623. The fourth-order valence-corrected chi connectivity index (χ4v) is 2.86. The number of unbranched alkanes of at least 4 members (excludes halogenated alkanes) is 9. The molecule has 0 saturated carbocycles. The highest BCUT2D eigenvalue weighted by Gasteiger charge is 2.20. The Morgan fingerprint density at radius 1 is 0.778 bits per heavy atom. The summed E-state index contributed by atoms with van der Waals surface area (Å²) in [5, 5.41) is 18.1. The summed E-state index contributed by atoms with van der Waals surface area (Å²) in [7, 11) is 0. The molecule has 0 heterocycles. The summed E-state index contributed by atoms with van der Waals surface area (Å²) in [5.74, 6) is -3.32. The van der Waals surface area contributed by atoms with Crippen LogP contribution in [0.1, 0.15) is 102 Å². The van der Waals surface area contributed by atoms with Crippen molar-refractivity contribution >= 4 is 17.9 Å². The Hall–Kier alpha value is -2.37. The number of carboxylic acid groups (broad SMARTS) is 2. The first-order chi connectivity index (χ1) is 13.0. The molecule has 1 aromatic rings. The number of ether oxygens (including phenoxy) is 1. The lowest BCUT2D eigenvalue weighted by molar-refractivity contribution is 0.0487. The van der Waals surface area contributed by atoms with Crippen molar-refractivity contribution in [2.75, 3.05) is 6.61 Å². The summed E-state index contributed by atoms with van der Waals surface area (Å²) in [5.41, 5.74) is -0.631. The summed E-state index contributed by atoms with van der Waals surface area (Å²) in [6.45, 7) is 2.41. The third kappa shape index (κ3) is 8.71. The zero-order chi connectivity index (χ0) is 20.1. The monoisotopic (exact) mass is 378 g/mol. The van der Waals surface area contributed by atoms with Crippen LogP contribution in [0.4, 0.5) is 0 Å². The third-order valence-electron chi connectivity index (χ3n) is 4.45. The van der Waals surface area contributed by atoms with Gasteiger partial charge in [0.25, 0.3) is 0 Å². The lowest BCUT2D eigenvalue weighted by atomic mass is 10.0. The molecule has 2 N–H and O–H groups in total. The topological polar surface area (TPSA) is 101 Å². The van der Waals surface area contributed by atoms with Crippen LogP contribution in [0.15, 0.2) is 18.2 Å². The molecule has 1 rings (SSSR count). The number of benzene rings is 1. The molecule has 0 unspecified atom stereocenters. The number of aromatic carboxylic acids is 2. The van der Waals surface area contributed by atoms with E-state index in [0.29, 0.717) is 6.42 Å². The van der Waals surface area contributed by atoms with Crippen LogP contribution in [-0.4, -0.2) is 34.7 Å². The molecular formula is C21H30O6. The van der Waals surface area contributed by atoms with Gasteiger partial charge in [0.15, 0.2) is 0 Å². The lowest BCUT2D eigenvalue weighted by Crippen LogP contribution is -2.14. The Labute approximate surface area is 160 Å². The second-order valence-corrected chi connectivity index (χ2v) is 6.69. The van der Waals surface area contributed by atoms with Gasteiger partial charge < -0.3 is 14.9 Å². The Balaban J connectivity index is 2.31. The van der Waals surface area contributed by atoms with Crippen molar-refractivity contribution in [3.8, 4) is 0 Å². The summed E-state index contributed by atoms with van der Waals surface area (Å²) < 4.78 is 5.13. The highest BCUT2D eigenvalue weighted by atomic mass is 16.5. The first-order valence-electron chi connectivity index (χ1n) is 9.75. The van der Waals surface area contributed by atoms with E-state index < -0.39 is 17.9 Å². The van der Waals surface area contributed by atoms with Crippen LogP contribution in [0, 0.1) is 0 Å². The first kappa shape index (κ1) is 22.7. The van der Waals surface area contributed by atoms with E-state index in [1.807, 2.05) is 0 Å². The lowest BCUT2D eigenvalue weighted by Gasteiger charge is -2.08. The normalized spacial score (nSPS) is 10.6. The fourth-order valence-electron chi connectivity index (χ4n) is 2.86. The van der Waals surface area contributed by atoms with Crippen LogP contribution in [0.3, 0.4) is 0 Å². The van der Waals surface area contributed by atoms with Crippen LogP contribution < -0.4 is 0 Å². The SMILES string of the molecule is CCCCCCCCCCCCOC(=O)c1cc(C(=O)O)ccc1C(=O)O. The van der Waals surface area contributed by atoms with Crippen molar-refractivity contribution in [2.24, 2.45) is 0 Å². The Kier molecular flexibility index (Phi) is 10.8. The molecule has 0 radical (unpaired) electrons. The molecule has 0 fully saturated rings. The number of carbonyl (C=O) groups excluding carboxylic acids is 1. The van der Waals surface area contributed by atoms with Gasteiger partial charge in [-0.15, -0.1) is 0 Å². The Morgan fingerprint density at radius 3 is 1.85 bits per heavy atom. The third-order valence-corrected chi connectivity index (χ3v) is 4.45. The second kappa shape index (κ2) is 12.9. The molecule has 0 aliphatic rings. The maximum atomic E-state index is 12.1. The number of carboxylic acids is 2. The molecule has 0 aliphatic heterocycles. The van der Waals surface area contributed by atoms with E-state index in [0.717, 1.165) is 31.0 Å². The van der Waals surface area contributed by atoms with Gasteiger partial charge in [-0.2, -0.15) is 0 Å². The fraction of sp³-hybridized carbons (Fsp3) is 0.571. The van der Waals surface area contributed by atoms with E-state index in [-0.39, 0.29) is 23.3 Å². The van der Waals surface area contributed by atoms with Crippen molar-refractivity contribution in [3.63, 3.8) is 0 Å². The van der Waals surface area contributed by atoms with Gasteiger partial charge in [0.2, 0.25) is 0 Å². The van der Waals surface area contributed by atoms with Gasteiger partial charge in [0.1, 0.15) is 0 Å². The molecular weight excluding hydrogens is 348 g/mol. The first-order valence-corrected chi connectivity index (χ1v) is 9.75. The van der Waals surface area contributed by atoms with E-state index in [4.69, 9.17) is 14.9 Å². The quantitative estimate of drug-likeness (QED) is 0.342. The molecule has 0 bridgehead atoms. The summed E-state index contributed by atoms with van der Waals surface area (Å²) in [6.07, 6.45) is 11.6. The molecule has 0 aliphatic carbocycles. The molecule has 0 atom stereocenters. The van der Waals surface area contributed by atoms with Crippen LogP contribution in [0.25, 0.3) is 0 Å². The van der Waals surface area contributed by atoms with E-state index in [2.05, 4.69) is 6.92 Å². The van der Waals surface area contributed by atoms with E-state index in [9.17, 15) is 14.4 Å². The molecule has 0 saturated heterocycles. The van der Waals surface area contributed by atoms with Crippen LogP contribution >= 0.6 is 0 Å². The van der Waals surface area contributed by atoms with Crippen LogP contribution in [0.2, 0.25) is 0 Å². The number of hydrogen-bond donors (Lipinski definition) is 2. The number of rotatable bonds is 14. The molecule has 1 aromatic carbocycles. The highest BCUT2D eigenvalue weighted by Crippen LogP contribution is 2.15. The largest absolute Gasteiger partial charge is 0.478 e. The van der Waals surface area contributed by atoms with Crippen LogP contribution in [-0.2, 0) is 4.74 Å². The highest BCUT2D eigenvalue weighted by molar-refractivity contribution is 6.04. The van der Waals surface area contributed by atoms with Crippen LogP contribution in [0.5, 0.6) is 0 Å². The zero-order valence-corrected chi connectivity index (χ0v) is 16.0. The molecule has 6 heteroatoms. The van der Waals surface area contributed by atoms with Crippen molar-refractivity contribution in [3.05, 3.63) is 34.9 Å². The minimum Gasteiger partial charge on any atom is -0.478 e. The molecule has 6 nitrogen and oxygen atoms in total. The molecule has 0 spiro atoms. The maximum absolute atomic E-state index is 12.1. The number of esters is 1. The smallest absolute Gasteiger partial charge is 0.339 e. The predicted molar refractivity (Wildman–Crippen MR) is 102 cm³/mol. The van der Waals surface area contributed by atoms with E-state index in [1.165, 1.54) is 44.9 Å². The van der Waals surface area contributed by atoms with Crippen molar-refractivity contribution in [1.82, 2.24) is 0 Å². The molecule has 150 valence electrons. The average molecular weight is 378 g/mol. The summed E-state index contributed by atoms with van der Waals surface area (Å²) >= 11 is 0. The van der Waals surface area contributed by atoms with Gasteiger partial charge in [-0.25, -0.2) is 14.4 Å². The van der Waals surface area contributed by atoms with Crippen molar-refractivity contribution < 1.29 is 29.3 Å². The van der Waals surface area contributed by atoms with Crippen molar-refractivity contribution in [2.45, 2.75) is 71.1 Å². The molecule has 0 aromatic heterocycles. The van der Waals surface area contributed by atoms with Gasteiger partial charge in [-0.05, 0) is 24.6 Å². The summed E-state index contributed by atoms with van der Waals surface area (Å²) in [4.78, 5) is 34.4. The minimum absolute atomic E-state index is 0.147. The van der Waals surface area contributed by atoms with Gasteiger partial charge in [-0.3, -0.25) is 0 Å². The number of carbonyl (C=O) groups is 3.